The predicted octanol–water partition coefficient (Wildman–Crippen LogP) is 6.64. The van der Waals surface area contributed by atoms with E-state index in [-0.39, 0.29) is 11.7 Å². The lowest BCUT2D eigenvalue weighted by molar-refractivity contribution is 0.102. The number of halogens is 1. The maximum absolute atomic E-state index is 13.1. The number of fused-ring (bicyclic) bond motifs is 2. The maximum atomic E-state index is 13.1. The van der Waals surface area contributed by atoms with Crippen molar-refractivity contribution >= 4 is 44.8 Å². The molecule has 0 fully saturated rings. The number of H-pyrrole nitrogens is 1. The van der Waals surface area contributed by atoms with Crippen LogP contribution in [0.2, 0.25) is 0 Å². The predicted molar refractivity (Wildman–Crippen MR) is 137 cm³/mol. The molecule has 4 aromatic carbocycles. The second kappa shape index (κ2) is 8.46. The van der Waals surface area contributed by atoms with Crippen LogP contribution >= 0.6 is 0 Å². The highest BCUT2D eigenvalue weighted by Crippen LogP contribution is 2.25. The fourth-order valence-electron chi connectivity index (χ4n) is 4.10. The summed E-state index contributed by atoms with van der Waals surface area (Å²) in [6.07, 6.45) is 3.66. The molecule has 0 aliphatic rings. The molecule has 0 saturated carbocycles. The zero-order chi connectivity index (χ0) is 23.8. The molecule has 0 radical (unpaired) electrons. The number of amides is 1. The summed E-state index contributed by atoms with van der Waals surface area (Å²) in [4.78, 5) is 15.8. The van der Waals surface area contributed by atoms with Crippen molar-refractivity contribution in [1.82, 2.24) is 14.8 Å². The minimum Gasteiger partial charge on any atom is -0.361 e. The Kier molecular flexibility index (Phi) is 5.00. The molecule has 0 saturated heterocycles. The van der Waals surface area contributed by atoms with Crippen LogP contribution in [0.4, 0.5) is 21.5 Å². The van der Waals surface area contributed by atoms with Crippen molar-refractivity contribution in [2.75, 3.05) is 10.6 Å². The maximum Gasteiger partial charge on any atom is 0.255 e. The standard InChI is InChI=1S/C28H20FN5O/c29-21-2-4-22(5-3-21)32-24-8-12-27-20(16-24)17-31-34(27)25-9-6-23(7-10-25)33-28(35)19-1-11-26-18(15-19)13-14-30-26/h1-17,30,32H,(H,33,35). The van der Waals surface area contributed by atoms with Crippen molar-refractivity contribution in [3.8, 4) is 5.69 Å². The van der Waals surface area contributed by atoms with Crippen LogP contribution in [0.5, 0.6) is 0 Å². The summed E-state index contributed by atoms with van der Waals surface area (Å²) in [5.41, 5.74) is 5.83. The Morgan fingerprint density at radius 3 is 2.40 bits per heavy atom. The minimum absolute atomic E-state index is 0.161. The minimum atomic E-state index is -0.268. The number of nitrogens with one attached hydrogen (secondary N) is 3. The van der Waals surface area contributed by atoms with Crippen LogP contribution < -0.4 is 10.6 Å². The van der Waals surface area contributed by atoms with E-state index in [1.807, 2.05) is 71.5 Å². The van der Waals surface area contributed by atoms with Crippen LogP contribution in [0, 0.1) is 5.82 Å². The van der Waals surface area contributed by atoms with Gasteiger partial charge in [0.05, 0.1) is 17.4 Å². The van der Waals surface area contributed by atoms with Crippen molar-refractivity contribution < 1.29 is 9.18 Å². The fourth-order valence-corrected chi connectivity index (χ4v) is 4.10. The Morgan fingerprint density at radius 1 is 0.800 bits per heavy atom. The second-order valence-corrected chi connectivity index (χ2v) is 8.24. The summed E-state index contributed by atoms with van der Waals surface area (Å²) >= 11 is 0. The van der Waals surface area contributed by atoms with Crippen molar-refractivity contribution in [3.05, 3.63) is 115 Å². The highest BCUT2D eigenvalue weighted by Gasteiger charge is 2.10. The monoisotopic (exact) mass is 461 g/mol. The van der Waals surface area contributed by atoms with Crippen molar-refractivity contribution in [1.29, 1.82) is 0 Å². The van der Waals surface area contributed by atoms with Crippen molar-refractivity contribution in [2.45, 2.75) is 0 Å². The van der Waals surface area contributed by atoms with E-state index in [1.165, 1.54) is 12.1 Å². The lowest BCUT2D eigenvalue weighted by Crippen LogP contribution is -2.11. The molecule has 2 aromatic heterocycles. The van der Waals surface area contributed by atoms with Crippen LogP contribution in [0.1, 0.15) is 10.4 Å². The lowest BCUT2D eigenvalue weighted by Gasteiger charge is -2.09. The first-order valence-corrected chi connectivity index (χ1v) is 11.1. The van der Waals surface area contributed by atoms with Crippen LogP contribution in [-0.4, -0.2) is 20.7 Å². The van der Waals surface area contributed by atoms with Gasteiger partial charge in [0.2, 0.25) is 0 Å². The summed E-state index contributed by atoms with van der Waals surface area (Å²) in [5, 5.41) is 12.7. The fraction of sp³-hybridized carbons (Fsp3) is 0. The molecule has 0 bridgehead atoms. The number of hydrogen-bond donors (Lipinski definition) is 3. The lowest BCUT2D eigenvalue weighted by atomic mass is 10.1. The van der Waals surface area contributed by atoms with E-state index in [0.717, 1.165) is 38.9 Å². The molecular weight excluding hydrogens is 441 g/mol. The van der Waals surface area contributed by atoms with E-state index in [9.17, 15) is 9.18 Å². The summed E-state index contributed by atoms with van der Waals surface area (Å²) in [5.74, 6) is -0.428. The molecule has 6 nitrogen and oxygen atoms in total. The van der Waals surface area contributed by atoms with Gasteiger partial charge < -0.3 is 15.6 Å². The van der Waals surface area contributed by atoms with Crippen molar-refractivity contribution in [3.63, 3.8) is 0 Å². The van der Waals surface area contributed by atoms with E-state index in [2.05, 4.69) is 20.7 Å². The largest absolute Gasteiger partial charge is 0.361 e. The van der Waals surface area contributed by atoms with E-state index in [4.69, 9.17) is 0 Å². The number of carbonyl (C=O) groups excluding carboxylic acids is 1. The number of benzene rings is 4. The highest BCUT2D eigenvalue weighted by atomic mass is 19.1. The van der Waals surface area contributed by atoms with Gasteiger partial charge in [0.25, 0.3) is 5.91 Å². The molecule has 170 valence electrons. The zero-order valence-corrected chi connectivity index (χ0v) is 18.5. The van der Waals surface area contributed by atoms with Gasteiger partial charge in [0, 0.05) is 45.1 Å². The molecule has 7 heteroatoms. The molecule has 0 spiro atoms. The number of rotatable bonds is 5. The smallest absolute Gasteiger partial charge is 0.255 e. The van der Waals surface area contributed by atoms with E-state index < -0.39 is 0 Å². The molecule has 0 unspecified atom stereocenters. The number of aromatic nitrogens is 3. The van der Waals surface area contributed by atoms with Crippen LogP contribution in [0.15, 0.2) is 103 Å². The molecule has 3 N–H and O–H groups in total. The average Bonchev–Trinajstić information content (AvgIpc) is 3.52. The van der Waals surface area contributed by atoms with Gasteiger partial charge in [-0.3, -0.25) is 4.79 Å². The summed E-state index contributed by atoms with van der Waals surface area (Å²) < 4.78 is 15.0. The average molecular weight is 462 g/mol. The summed E-state index contributed by atoms with van der Waals surface area (Å²) in [6.45, 7) is 0. The first-order chi connectivity index (χ1) is 17.1. The summed E-state index contributed by atoms with van der Waals surface area (Å²) in [7, 11) is 0. The third-order valence-corrected chi connectivity index (χ3v) is 5.89. The van der Waals surface area contributed by atoms with Gasteiger partial charge in [-0.15, -0.1) is 0 Å². The number of carbonyl (C=O) groups is 1. The molecule has 0 aliphatic carbocycles. The number of hydrogen-bond acceptors (Lipinski definition) is 3. The van der Waals surface area contributed by atoms with Crippen LogP contribution in [0.3, 0.4) is 0 Å². The Morgan fingerprint density at radius 2 is 1.57 bits per heavy atom. The van der Waals surface area contributed by atoms with E-state index in [1.54, 1.807) is 24.4 Å². The first kappa shape index (κ1) is 20.7. The highest BCUT2D eigenvalue weighted by molar-refractivity contribution is 6.06. The number of nitrogens with zero attached hydrogens (tertiary/aromatic N) is 2. The van der Waals surface area contributed by atoms with Gasteiger partial charge in [-0.05, 0) is 91.0 Å². The van der Waals surface area contributed by atoms with Gasteiger partial charge in [0.1, 0.15) is 5.82 Å². The third-order valence-electron chi connectivity index (χ3n) is 5.89. The molecule has 2 heterocycles. The Labute approximate surface area is 200 Å². The topological polar surface area (TPSA) is 74.7 Å². The van der Waals surface area contributed by atoms with Crippen LogP contribution in [-0.2, 0) is 0 Å². The first-order valence-electron chi connectivity index (χ1n) is 11.1. The molecule has 0 atom stereocenters. The molecule has 6 aromatic rings. The zero-order valence-electron chi connectivity index (χ0n) is 18.5. The van der Waals surface area contributed by atoms with Gasteiger partial charge in [-0.2, -0.15) is 5.10 Å². The quantitative estimate of drug-likeness (QED) is 0.269. The van der Waals surface area contributed by atoms with Crippen LogP contribution in [0.25, 0.3) is 27.5 Å². The van der Waals surface area contributed by atoms with Gasteiger partial charge in [0.15, 0.2) is 0 Å². The Bertz CT molecular complexity index is 1670. The normalized spacial score (nSPS) is 11.1. The molecule has 6 rings (SSSR count). The Balaban J connectivity index is 1.19. The SMILES string of the molecule is O=C(Nc1ccc(-n2ncc3cc(Nc4ccc(F)cc4)ccc32)cc1)c1ccc2[nH]ccc2c1. The van der Waals surface area contributed by atoms with Gasteiger partial charge in [-0.25, -0.2) is 9.07 Å². The molecule has 35 heavy (non-hydrogen) atoms. The number of anilines is 3. The molecular formula is C28H20FN5O. The van der Waals surface area contributed by atoms with Gasteiger partial charge >= 0.3 is 0 Å². The molecule has 0 aliphatic heterocycles. The van der Waals surface area contributed by atoms with E-state index >= 15 is 0 Å². The Hall–Kier alpha value is -4.91. The summed E-state index contributed by atoms with van der Waals surface area (Å²) in [6, 6.07) is 27.3. The number of aromatic amines is 1. The van der Waals surface area contributed by atoms with E-state index in [0.29, 0.717) is 11.3 Å². The molecule has 1 amide bonds. The van der Waals surface area contributed by atoms with Crippen molar-refractivity contribution in [2.24, 2.45) is 0 Å². The second-order valence-electron chi connectivity index (χ2n) is 8.24. The third kappa shape index (κ3) is 4.11. The van der Waals surface area contributed by atoms with Gasteiger partial charge in [-0.1, -0.05) is 0 Å².